The van der Waals surface area contributed by atoms with Gasteiger partial charge in [-0.15, -0.1) is 11.3 Å². The average molecular weight is 343 g/mol. The van der Waals surface area contributed by atoms with Crippen LogP contribution in [0.1, 0.15) is 23.3 Å². The second kappa shape index (κ2) is 9.01. The lowest BCUT2D eigenvalue weighted by molar-refractivity contribution is -0.119. The molecule has 3 rings (SSSR count). The highest BCUT2D eigenvalue weighted by Crippen LogP contribution is 2.22. The number of nitrogens with two attached hydrogens (primary N) is 2. The van der Waals surface area contributed by atoms with E-state index in [1.54, 1.807) is 23.7 Å². The monoisotopic (exact) mass is 343 g/mol. The van der Waals surface area contributed by atoms with Gasteiger partial charge in [0.05, 0.1) is 17.3 Å². The van der Waals surface area contributed by atoms with Crippen molar-refractivity contribution in [1.29, 1.82) is 5.26 Å². The van der Waals surface area contributed by atoms with E-state index in [0.717, 1.165) is 23.7 Å². The number of rotatable bonds is 4. The number of nitriles is 1. The molecule has 0 unspecified atom stereocenters. The third-order valence-corrected chi connectivity index (χ3v) is 4.63. The summed E-state index contributed by atoms with van der Waals surface area (Å²) in [6, 6.07) is 7.40. The summed E-state index contributed by atoms with van der Waals surface area (Å²) in [6.45, 7) is 2.14. The second-order valence-corrected chi connectivity index (χ2v) is 6.52. The van der Waals surface area contributed by atoms with Crippen LogP contribution in [0, 0.1) is 11.3 Å². The number of thiophene rings is 1. The number of carbonyl (C=O) groups excluding carboxylic acids is 1. The van der Waals surface area contributed by atoms with Gasteiger partial charge in [0.2, 0.25) is 5.91 Å². The van der Waals surface area contributed by atoms with Crippen molar-refractivity contribution in [2.24, 2.45) is 11.5 Å². The van der Waals surface area contributed by atoms with Gasteiger partial charge in [-0.25, -0.2) is 0 Å². The number of hydrogen-bond acceptors (Lipinski definition) is 6. The molecule has 3 heterocycles. The van der Waals surface area contributed by atoms with Gasteiger partial charge < -0.3 is 16.4 Å². The molecule has 2 aromatic heterocycles. The van der Waals surface area contributed by atoms with Crippen molar-refractivity contribution in [3.63, 3.8) is 0 Å². The normalized spacial score (nSPS) is 14.4. The van der Waals surface area contributed by atoms with E-state index in [-0.39, 0.29) is 0 Å². The minimum atomic E-state index is -0.548. The van der Waals surface area contributed by atoms with Crippen LogP contribution in [0.15, 0.2) is 36.0 Å². The third kappa shape index (κ3) is 5.05. The first-order valence-corrected chi connectivity index (χ1v) is 8.66. The Morgan fingerprint density at radius 3 is 2.75 bits per heavy atom. The highest BCUT2D eigenvalue weighted by atomic mass is 32.1. The Morgan fingerprint density at radius 1 is 1.42 bits per heavy atom. The van der Waals surface area contributed by atoms with E-state index in [0.29, 0.717) is 12.0 Å². The predicted molar refractivity (Wildman–Crippen MR) is 95.6 cm³/mol. The molecule has 7 heteroatoms. The van der Waals surface area contributed by atoms with Crippen LogP contribution in [0.5, 0.6) is 0 Å². The van der Waals surface area contributed by atoms with Gasteiger partial charge in [0, 0.05) is 36.8 Å². The predicted octanol–water partition coefficient (Wildman–Crippen LogP) is 1.66. The Morgan fingerprint density at radius 2 is 2.17 bits per heavy atom. The van der Waals surface area contributed by atoms with Gasteiger partial charge in [0.15, 0.2) is 0 Å². The van der Waals surface area contributed by atoms with Crippen molar-refractivity contribution in [3.8, 4) is 6.07 Å². The Hall–Kier alpha value is -2.43. The summed E-state index contributed by atoms with van der Waals surface area (Å²) in [5, 5.41) is 10.8. The molecule has 126 valence electrons. The molecule has 1 fully saturated rings. The average Bonchev–Trinajstić information content (AvgIpc) is 3.29. The maximum Gasteiger partial charge on any atom is 0.234 e. The number of nitrogens with zero attached hydrogens (tertiary/aromatic N) is 3. The van der Waals surface area contributed by atoms with Gasteiger partial charge in [-0.3, -0.25) is 9.78 Å². The summed E-state index contributed by atoms with van der Waals surface area (Å²) in [7, 11) is 0. The summed E-state index contributed by atoms with van der Waals surface area (Å²) >= 11 is 1.58. The summed E-state index contributed by atoms with van der Waals surface area (Å²) < 4.78 is 0. The molecule has 0 radical (unpaired) electrons. The van der Waals surface area contributed by atoms with Crippen LogP contribution in [0.4, 0.5) is 5.69 Å². The Balaban J connectivity index is 0.000000177. The summed E-state index contributed by atoms with van der Waals surface area (Å²) in [5.41, 5.74) is 12.2. The lowest BCUT2D eigenvalue weighted by Gasteiger charge is -2.17. The topological polar surface area (TPSA) is 109 Å². The number of anilines is 1. The summed E-state index contributed by atoms with van der Waals surface area (Å²) in [6.07, 6.45) is 6.38. The van der Waals surface area contributed by atoms with Gasteiger partial charge >= 0.3 is 0 Å². The Kier molecular flexibility index (Phi) is 6.73. The maximum absolute atomic E-state index is 10.5. The SMILES string of the molecule is N#Cc1cnccc1N1CCCC1.NC(=O)[C@@H](N)Cc1cccs1. The third-order valence-electron chi connectivity index (χ3n) is 3.73. The van der Waals surface area contributed by atoms with Crippen molar-refractivity contribution in [1.82, 2.24) is 4.98 Å². The highest BCUT2D eigenvalue weighted by Gasteiger charge is 2.15. The van der Waals surface area contributed by atoms with E-state index in [4.69, 9.17) is 16.7 Å². The van der Waals surface area contributed by atoms with Gasteiger partial charge in [-0.2, -0.15) is 5.26 Å². The molecule has 0 aliphatic carbocycles. The molecule has 0 bridgehead atoms. The molecule has 1 saturated heterocycles. The molecule has 0 saturated carbocycles. The van der Waals surface area contributed by atoms with Gasteiger partial charge in [-0.05, 0) is 30.4 Å². The fourth-order valence-electron chi connectivity index (χ4n) is 2.45. The summed E-state index contributed by atoms with van der Waals surface area (Å²) in [5.74, 6) is -0.446. The number of pyridine rings is 1. The minimum Gasteiger partial charge on any atom is -0.370 e. The van der Waals surface area contributed by atoms with E-state index in [1.807, 2.05) is 23.6 Å². The Bertz CT molecular complexity index is 689. The standard InChI is InChI=1S/C10H11N3.C7H10N2OS/c11-7-9-8-12-4-3-10(9)13-5-1-2-6-13;8-6(7(9)10)4-5-2-1-3-11-5/h3-4,8H,1-2,5-6H2;1-3,6H,4,8H2,(H2,9,10)/t;6-/m.0/s1. The molecule has 2 aromatic rings. The second-order valence-electron chi connectivity index (χ2n) is 5.49. The van der Waals surface area contributed by atoms with Crippen molar-refractivity contribution in [2.75, 3.05) is 18.0 Å². The molecule has 1 aliphatic heterocycles. The summed E-state index contributed by atoms with van der Waals surface area (Å²) in [4.78, 5) is 17.8. The molecule has 6 nitrogen and oxygen atoms in total. The first-order valence-electron chi connectivity index (χ1n) is 7.78. The molecule has 4 N–H and O–H groups in total. The quantitative estimate of drug-likeness (QED) is 0.877. The van der Waals surface area contributed by atoms with Crippen molar-refractivity contribution < 1.29 is 4.79 Å². The van der Waals surface area contributed by atoms with Crippen molar-refractivity contribution >= 4 is 22.9 Å². The Labute approximate surface area is 145 Å². The zero-order valence-corrected chi connectivity index (χ0v) is 14.2. The smallest absolute Gasteiger partial charge is 0.234 e. The molecule has 0 spiro atoms. The minimum absolute atomic E-state index is 0.446. The van der Waals surface area contributed by atoms with Crippen LogP contribution in [0.2, 0.25) is 0 Å². The molecule has 1 amide bonds. The van der Waals surface area contributed by atoms with E-state index in [2.05, 4.69) is 16.0 Å². The molecule has 1 aliphatic rings. The number of hydrogen-bond donors (Lipinski definition) is 2. The molecule has 24 heavy (non-hydrogen) atoms. The molecular formula is C17H21N5OS. The first kappa shape index (κ1) is 17.9. The lowest BCUT2D eigenvalue weighted by Crippen LogP contribution is -2.37. The fourth-order valence-corrected chi connectivity index (χ4v) is 3.22. The molecular weight excluding hydrogens is 322 g/mol. The molecule has 1 atom stereocenters. The number of amides is 1. The molecule has 0 aromatic carbocycles. The zero-order valence-electron chi connectivity index (χ0n) is 13.4. The van der Waals surface area contributed by atoms with E-state index in [1.165, 1.54) is 12.8 Å². The van der Waals surface area contributed by atoms with E-state index in [9.17, 15) is 4.79 Å². The van der Waals surface area contributed by atoms with E-state index >= 15 is 0 Å². The largest absolute Gasteiger partial charge is 0.370 e. The van der Waals surface area contributed by atoms with Crippen LogP contribution in [-0.4, -0.2) is 30.0 Å². The number of carbonyl (C=O) groups is 1. The first-order chi connectivity index (χ1) is 11.6. The lowest BCUT2D eigenvalue weighted by atomic mass is 10.2. The zero-order chi connectivity index (χ0) is 17.4. The van der Waals surface area contributed by atoms with Crippen LogP contribution in [0.25, 0.3) is 0 Å². The fraction of sp³-hybridized carbons (Fsp3) is 0.353. The van der Waals surface area contributed by atoms with Crippen LogP contribution in [0.3, 0.4) is 0 Å². The van der Waals surface area contributed by atoms with Crippen LogP contribution in [-0.2, 0) is 11.2 Å². The van der Waals surface area contributed by atoms with Crippen LogP contribution >= 0.6 is 11.3 Å². The van der Waals surface area contributed by atoms with E-state index < -0.39 is 11.9 Å². The number of aromatic nitrogens is 1. The van der Waals surface area contributed by atoms with Crippen molar-refractivity contribution in [2.45, 2.75) is 25.3 Å². The van der Waals surface area contributed by atoms with Crippen LogP contribution < -0.4 is 16.4 Å². The van der Waals surface area contributed by atoms with Gasteiger partial charge in [-0.1, -0.05) is 6.07 Å². The number of primary amides is 1. The van der Waals surface area contributed by atoms with Gasteiger partial charge in [0.25, 0.3) is 0 Å². The maximum atomic E-state index is 10.5. The highest BCUT2D eigenvalue weighted by molar-refractivity contribution is 7.09. The van der Waals surface area contributed by atoms with Gasteiger partial charge in [0.1, 0.15) is 6.07 Å². The van der Waals surface area contributed by atoms with Crippen molar-refractivity contribution in [3.05, 3.63) is 46.4 Å².